The van der Waals surface area contributed by atoms with Crippen molar-refractivity contribution in [1.82, 2.24) is 5.32 Å². The van der Waals surface area contributed by atoms with Crippen LogP contribution in [0.5, 0.6) is 0 Å². The molecule has 126 valence electrons. The third-order valence-corrected chi connectivity index (χ3v) is 4.60. The molecule has 0 aliphatic heterocycles. The molecule has 1 aromatic heterocycles. The fourth-order valence-corrected chi connectivity index (χ4v) is 2.88. The number of halogens is 1. The quantitative estimate of drug-likeness (QED) is 0.741. The van der Waals surface area contributed by atoms with Crippen molar-refractivity contribution in [2.75, 3.05) is 12.4 Å². The number of carbonyl (C=O) groups is 3. The SMILES string of the molecule is COC(=O)c1ccc(NC(=O)C(C)NC(=O)c2ccc(Br)cc2)s1. The summed E-state index contributed by atoms with van der Waals surface area (Å²) in [6.45, 7) is 1.58. The van der Waals surface area contributed by atoms with Gasteiger partial charge in [-0.3, -0.25) is 9.59 Å². The lowest BCUT2D eigenvalue weighted by Gasteiger charge is -2.13. The summed E-state index contributed by atoms with van der Waals surface area (Å²) in [6.07, 6.45) is 0. The number of anilines is 1. The highest BCUT2D eigenvalue weighted by Crippen LogP contribution is 2.22. The van der Waals surface area contributed by atoms with Crippen LogP contribution in [0.15, 0.2) is 40.9 Å². The molecule has 0 aliphatic rings. The molecular weight excluding hydrogens is 396 g/mol. The summed E-state index contributed by atoms with van der Waals surface area (Å²) in [5, 5.41) is 5.78. The fourth-order valence-electron chi connectivity index (χ4n) is 1.79. The van der Waals surface area contributed by atoms with Crippen LogP contribution in [0.2, 0.25) is 0 Å². The number of ether oxygens (including phenoxy) is 1. The van der Waals surface area contributed by atoms with Crippen LogP contribution < -0.4 is 10.6 Å². The van der Waals surface area contributed by atoms with Crippen LogP contribution in [0, 0.1) is 0 Å². The summed E-state index contributed by atoms with van der Waals surface area (Å²) in [5.74, 6) is -1.18. The lowest BCUT2D eigenvalue weighted by molar-refractivity contribution is -0.117. The van der Waals surface area contributed by atoms with Crippen molar-refractivity contribution in [2.45, 2.75) is 13.0 Å². The van der Waals surface area contributed by atoms with Gasteiger partial charge >= 0.3 is 5.97 Å². The summed E-state index contributed by atoms with van der Waals surface area (Å²) in [5.41, 5.74) is 0.460. The Morgan fingerprint density at radius 2 is 1.79 bits per heavy atom. The topological polar surface area (TPSA) is 84.5 Å². The Bertz CT molecular complexity index is 758. The highest BCUT2D eigenvalue weighted by atomic mass is 79.9. The Kier molecular flexibility index (Phi) is 6.10. The van der Waals surface area contributed by atoms with E-state index >= 15 is 0 Å². The molecule has 1 heterocycles. The second-order valence-electron chi connectivity index (χ2n) is 4.85. The second kappa shape index (κ2) is 8.07. The second-order valence-corrected chi connectivity index (χ2v) is 6.85. The Hall–Kier alpha value is -2.19. The Morgan fingerprint density at radius 3 is 2.42 bits per heavy atom. The monoisotopic (exact) mass is 410 g/mol. The van der Waals surface area contributed by atoms with Gasteiger partial charge in [0.2, 0.25) is 5.91 Å². The summed E-state index contributed by atoms with van der Waals surface area (Å²) in [7, 11) is 1.29. The normalized spacial score (nSPS) is 11.5. The van der Waals surface area contributed by atoms with Gasteiger partial charge in [0, 0.05) is 10.0 Å². The molecule has 24 heavy (non-hydrogen) atoms. The van der Waals surface area contributed by atoms with Crippen molar-refractivity contribution in [2.24, 2.45) is 0 Å². The third kappa shape index (κ3) is 4.65. The highest BCUT2D eigenvalue weighted by Gasteiger charge is 2.18. The van der Waals surface area contributed by atoms with Gasteiger partial charge in [-0.1, -0.05) is 15.9 Å². The van der Waals surface area contributed by atoms with E-state index in [4.69, 9.17) is 0 Å². The fraction of sp³-hybridized carbons (Fsp3) is 0.188. The number of thiophene rings is 1. The first-order valence-corrected chi connectivity index (χ1v) is 8.57. The number of carbonyl (C=O) groups excluding carboxylic acids is 3. The smallest absolute Gasteiger partial charge is 0.348 e. The first-order chi connectivity index (χ1) is 11.4. The van der Waals surface area contributed by atoms with E-state index in [0.717, 1.165) is 15.8 Å². The zero-order chi connectivity index (χ0) is 17.7. The van der Waals surface area contributed by atoms with Crippen molar-refractivity contribution in [3.05, 3.63) is 51.3 Å². The largest absolute Gasteiger partial charge is 0.465 e. The number of methoxy groups -OCH3 is 1. The molecule has 0 saturated heterocycles. The predicted molar refractivity (Wildman–Crippen MR) is 95.4 cm³/mol. The van der Waals surface area contributed by atoms with Gasteiger partial charge in [0.25, 0.3) is 5.91 Å². The van der Waals surface area contributed by atoms with Crippen LogP contribution in [-0.4, -0.2) is 30.9 Å². The Labute approximate surface area is 151 Å². The average Bonchev–Trinajstić information content (AvgIpc) is 3.03. The van der Waals surface area contributed by atoms with E-state index in [1.165, 1.54) is 7.11 Å². The van der Waals surface area contributed by atoms with Crippen LogP contribution in [0.1, 0.15) is 27.0 Å². The van der Waals surface area contributed by atoms with E-state index in [0.29, 0.717) is 15.4 Å². The molecule has 2 N–H and O–H groups in total. The molecule has 0 saturated carbocycles. The third-order valence-electron chi connectivity index (χ3n) is 3.09. The van der Waals surface area contributed by atoms with Crippen LogP contribution in [0.25, 0.3) is 0 Å². The first-order valence-electron chi connectivity index (χ1n) is 6.96. The summed E-state index contributed by atoms with van der Waals surface area (Å²) in [6, 6.07) is 9.26. The summed E-state index contributed by atoms with van der Waals surface area (Å²) < 4.78 is 5.48. The number of hydrogen-bond acceptors (Lipinski definition) is 5. The molecule has 2 aromatic rings. The van der Waals surface area contributed by atoms with Crippen molar-refractivity contribution in [3.8, 4) is 0 Å². The van der Waals surface area contributed by atoms with Crippen molar-refractivity contribution < 1.29 is 19.1 Å². The molecule has 0 aliphatic carbocycles. The van der Waals surface area contributed by atoms with E-state index in [1.54, 1.807) is 43.3 Å². The zero-order valence-electron chi connectivity index (χ0n) is 13.0. The van der Waals surface area contributed by atoms with Gasteiger partial charge in [-0.2, -0.15) is 0 Å². The maximum atomic E-state index is 12.1. The van der Waals surface area contributed by atoms with Crippen LogP contribution >= 0.6 is 27.3 Å². The van der Waals surface area contributed by atoms with Gasteiger partial charge < -0.3 is 15.4 Å². The van der Waals surface area contributed by atoms with E-state index < -0.39 is 12.0 Å². The lowest BCUT2D eigenvalue weighted by atomic mass is 10.2. The highest BCUT2D eigenvalue weighted by molar-refractivity contribution is 9.10. The van der Waals surface area contributed by atoms with E-state index in [-0.39, 0.29) is 11.8 Å². The number of benzene rings is 1. The van der Waals surface area contributed by atoms with Crippen LogP contribution in [0.3, 0.4) is 0 Å². The minimum absolute atomic E-state index is 0.341. The standard InChI is InChI=1S/C16H15BrN2O4S/c1-9(18-15(21)10-3-5-11(17)6-4-10)14(20)19-13-8-7-12(24-13)16(22)23-2/h3-9H,1-2H3,(H,18,21)(H,19,20). The molecule has 0 spiro atoms. The molecule has 6 nitrogen and oxygen atoms in total. The number of nitrogens with one attached hydrogen (secondary N) is 2. The Balaban J connectivity index is 1.94. The number of rotatable bonds is 5. The van der Waals surface area contributed by atoms with Gasteiger partial charge in [-0.25, -0.2) is 4.79 Å². The summed E-state index contributed by atoms with van der Waals surface area (Å²) >= 11 is 4.40. The van der Waals surface area contributed by atoms with E-state index in [9.17, 15) is 14.4 Å². The molecule has 0 fully saturated rings. The molecule has 2 amide bonds. The van der Waals surface area contributed by atoms with Gasteiger partial charge in [0.1, 0.15) is 10.9 Å². The number of hydrogen-bond donors (Lipinski definition) is 2. The van der Waals surface area contributed by atoms with Gasteiger partial charge in [-0.15, -0.1) is 11.3 Å². The lowest BCUT2D eigenvalue weighted by Crippen LogP contribution is -2.41. The maximum absolute atomic E-state index is 12.1. The van der Waals surface area contributed by atoms with Gasteiger partial charge in [-0.05, 0) is 43.3 Å². The summed E-state index contributed by atoms with van der Waals surface area (Å²) in [4.78, 5) is 36.0. The van der Waals surface area contributed by atoms with Crippen molar-refractivity contribution in [1.29, 1.82) is 0 Å². The minimum Gasteiger partial charge on any atom is -0.465 e. The van der Waals surface area contributed by atoms with Gasteiger partial charge in [0.05, 0.1) is 12.1 Å². The van der Waals surface area contributed by atoms with Crippen LogP contribution in [0.4, 0.5) is 5.00 Å². The molecule has 1 aromatic carbocycles. The molecule has 0 bridgehead atoms. The average molecular weight is 411 g/mol. The number of esters is 1. The van der Waals surface area contributed by atoms with E-state index in [1.807, 2.05) is 0 Å². The molecule has 1 atom stereocenters. The Morgan fingerprint density at radius 1 is 1.12 bits per heavy atom. The minimum atomic E-state index is -0.732. The molecule has 8 heteroatoms. The van der Waals surface area contributed by atoms with Crippen LogP contribution in [-0.2, 0) is 9.53 Å². The van der Waals surface area contributed by atoms with Gasteiger partial charge in [0.15, 0.2) is 0 Å². The maximum Gasteiger partial charge on any atom is 0.348 e. The number of amides is 2. The molecule has 1 unspecified atom stereocenters. The van der Waals surface area contributed by atoms with Crippen molar-refractivity contribution >= 4 is 50.1 Å². The predicted octanol–water partition coefficient (Wildman–Crippen LogP) is 3.05. The molecule has 0 radical (unpaired) electrons. The zero-order valence-corrected chi connectivity index (χ0v) is 15.4. The first kappa shape index (κ1) is 18.2. The molecule has 2 rings (SSSR count). The molecular formula is C16H15BrN2O4S. The van der Waals surface area contributed by atoms with Crippen molar-refractivity contribution in [3.63, 3.8) is 0 Å². The van der Waals surface area contributed by atoms with E-state index in [2.05, 4.69) is 31.3 Å².